The smallest absolute Gasteiger partial charge is 0.407 e. The highest BCUT2D eigenvalue weighted by atomic mass is 16.6. The second-order valence-corrected chi connectivity index (χ2v) is 7.00. The van der Waals surface area contributed by atoms with Crippen LogP contribution in [0.1, 0.15) is 38.1 Å². The van der Waals surface area contributed by atoms with Crippen molar-refractivity contribution in [3.63, 3.8) is 0 Å². The molecule has 1 aromatic carbocycles. The number of nitrogens with one attached hydrogen (secondary N) is 1. The molecule has 1 heterocycles. The van der Waals surface area contributed by atoms with E-state index in [1.165, 1.54) is 19.2 Å². The van der Waals surface area contributed by atoms with Crippen LogP contribution in [0.25, 0.3) is 11.0 Å². The number of methoxy groups -OCH3 is 1. The average Bonchev–Trinajstić information content (AvgIpc) is 2.56. The number of carbonyl (C=O) groups is 2. The van der Waals surface area contributed by atoms with Crippen LogP contribution >= 0.6 is 0 Å². The van der Waals surface area contributed by atoms with Crippen molar-refractivity contribution in [1.82, 2.24) is 5.32 Å². The normalized spacial score (nSPS) is 12.3. The predicted octanol–water partition coefficient (Wildman–Crippen LogP) is 2.87. The average molecular weight is 377 g/mol. The standard InChI is InChI=1S/C19H23NO7/c1-11(20-18(23)27-19(2,3)4)10-25-13-7-6-12-8-14(16(21)24-5)17(22)26-15(12)9-13/h6-9,11H,10H2,1-5H3,(H,20,23)/t11-/m0/s1. The highest BCUT2D eigenvalue weighted by Crippen LogP contribution is 2.21. The molecule has 146 valence electrons. The van der Waals surface area contributed by atoms with E-state index in [2.05, 4.69) is 10.1 Å². The molecule has 0 spiro atoms. The van der Waals surface area contributed by atoms with Crippen LogP contribution in [0.15, 0.2) is 33.5 Å². The lowest BCUT2D eigenvalue weighted by atomic mass is 10.2. The summed E-state index contributed by atoms with van der Waals surface area (Å²) in [5.41, 5.74) is -1.26. The number of carbonyl (C=O) groups excluding carboxylic acids is 2. The number of amides is 1. The fraction of sp³-hybridized carbons (Fsp3) is 0.421. The fourth-order valence-corrected chi connectivity index (χ4v) is 2.21. The van der Waals surface area contributed by atoms with Crippen molar-refractivity contribution in [1.29, 1.82) is 0 Å². The van der Waals surface area contributed by atoms with Gasteiger partial charge in [-0.3, -0.25) is 0 Å². The molecule has 0 aliphatic rings. The van der Waals surface area contributed by atoms with Crippen molar-refractivity contribution in [3.05, 3.63) is 40.2 Å². The number of esters is 1. The molecule has 1 amide bonds. The zero-order chi connectivity index (χ0) is 20.2. The number of benzene rings is 1. The molecule has 8 heteroatoms. The summed E-state index contributed by atoms with van der Waals surface area (Å²) in [6.07, 6.45) is -0.529. The Hall–Kier alpha value is -3.03. The van der Waals surface area contributed by atoms with Crippen molar-refractivity contribution in [3.8, 4) is 5.75 Å². The highest BCUT2D eigenvalue weighted by molar-refractivity contribution is 5.92. The van der Waals surface area contributed by atoms with Crippen molar-refractivity contribution in [2.75, 3.05) is 13.7 Å². The molecule has 0 radical (unpaired) electrons. The van der Waals surface area contributed by atoms with Crippen LogP contribution in [-0.4, -0.2) is 37.4 Å². The number of ether oxygens (including phenoxy) is 3. The minimum absolute atomic E-state index is 0.172. The second kappa shape index (κ2) is 8.11. The molecule has 8 nitrogen and oxygen atoms in total. The van der Waals surface area contributed by atoms with Gasteiger partial charge < -0.3 is 23.9 Å². The van der Waals surface area contributed by atoms with E-state index in [1.54, 1.807) is 39.8 Å². The van der Waals surface area contributed by atoms with E-state index >= 15 is 0 Å². The SMILES string of the molecule is COC(=O)c1cc2ccc(OC[C@H](C)NC(=O)OC(C)(C)C)cc2oc1=O. The van der Waals surface area contributed by atoms with Gasteiger partial charge in [-0.15, -0.1) is 0 Å². The minimum Gasteiger partial charge on any atom is -0.491 e. The van der Waals surface area contributed by atoms with Crippen LogP contribution in [0.4, 0.5) is 4.79 Å². The quantitative estimate of drug-likeness (QED) is 0.631. The first kappa shape index (κ1) is 20.3. The van der Waals surface area contributed by atoms with Crippen LogP contribution in [0.3, 0.4) is 0 Å². The minimum atomic E-state index is -0.786. The van der Waals surface area contributed by atoms with Gasteiger partial charge in [0.2, 0.25) is 0 Å². The monoisotopic (exact) mass is 377 g/mol. The van der Waals surface area contributed by atoms with Gasteiger partial charge in [0.05, 0.1) is 13.2 Å². The Morgan fingerprint density at radius 3 is 2.56 bits per heavy atom. The van der Waals surface area contributed by atoms with E-state index < -0.39 is 23.3 Å². The molecule has 0 aliphatic heterocycles. The third-order valence-electron chi connectivity index (χ3n) is 3.38. The van der Waals surface area contributed by atoms with Crippen LogP contribution < -0.4 is 15.7 Å². The largest absolute Gasteiger partial charge is 0.491 e. The first-order valence-corrected chi connectivity index (χ1v) is 8.37. The highest BCUT2D eigenvalue weighted by Gasteiger charge is 2.18. The topological polar surface area (TPSA) is 104 Å². The van der Waals surface area contributed by atoms with E-state index in [0.29, 0.717) is 11.1 Å². The van der Waals surface area contributed by atoms with Gasteiger partial charge >= 0.3 is 17.7 Å². The van der Waals surface area contributed by atoms with Gasteiger partial charge in [0.15, 0.2) is 0 Å². The van der Waals surface area contributed by atoms with Crippen molar-refractivity contribution in [2.45, 2.75) is 39.3 Å². The van der Waals surface area contributed by atoms with E-state index in [4.69, 9.17) is 13.9 Å². The predicted molar refractivity (Wildman–Crippen MR) is 98.2 cm³/mol. The molecule has 0 bridgehead atoms. The number of hydrogen-bond acceptors (Lipinski definition) is 7. The third-order valence-corrected chi connectivity index (χ3v) is 3.38. The van der Waals surface area contributed by atoms with Gasteiger partial charge in [-0.05, 0) is 45.9 Å². The molecule has 0 saturated heterocycles. The second-order valence-electron chi connectivity index (χ2n) is 7.00. The summed E-state index contributed by atoms with van der Waals surface area (Å²) in [4.78, 5) is 35.2. The summed E-state index contributed by atoms with van der Waals surface area (Å²) in [6, 6.07) is 5.97. The molecule has 0 fully saturated rings. The van der Waals surface area contributed by atoms with Gasteiger partial charge in [0.1, 0.15) is 29.1 Å². The zero-order valence-electron chi connectivity index (χ0n) is 16.0. The number of hydrogen-bond donors (Lipinski definition) is 1. The lowest BCUT2D eigenvalue weighted by Gasteiger charge is -2.22. The summed E-state index contributed by atoms with van der Waals surface area (Å²) in [5.74, 6) is -0.303. The third kappa shape index (κ3) is 5.73. The number of fused-ring (bicyclic) bond motifs is 1. The molecule has 2 rings (SSSR count). The van der Waals surface area contributed by atoms with Crippen molar-refractivity contribution in [2.24, 2.45) is 0 Å². The maximum absolute atomic E-state index is 11.9. The summed E-state index contributed by atoms with van der Waals surface area (Å²) in [5, 5.41) is 3.23. The zero-order valence-corrected chi connectivity index (χ0v) is 16.0. The molecule has 1 N–H and O–H groups in total. The lowest BCUT2D eigenvalue weighted by Crippen LogP contribution is -2.40. The van der Waals surface area contributed by atoms with E-state index in [-0.39, 0.29) is 23.8 Å². The molecule has 27 heavy (non-hydrogen) atoms. The molecular formula is C19H23NO7. The van der Waals surface area contributed by atoms with Gasteiger partial charge in [0, 0.05) is 11.5 Å². The molecule has 0 unspecified atom stereocenters. The first-order valence-electron chi connectivity index (χ1n) is 8.37. The lowest BCUT2D eigenvalue weighted by molar-refractivity contribution is 0.0493. The van der Waals surface area contributed by atoms with Crippen LogP contribution in [0.5, 0.6) is 5.75 Å². The summed E-state index contributed by atoms with van der Waals surface area (Å²) in [7, 11) is 1.19. The van der Waals surface area contributed by atoms with Crippen LogP contribution in [0, 0.1) is 0 Å². The molecule has 2 aromatic rings. The maximum atomic E-state index is 11.9. The van der Waals surface area contributed by atoms with Crippen molar-refractivity contribution >= 4 is 23.0 Å². The van der Waals surface area contributed by atoms with E-state index in [9.17, 15) is 14.4 Å². The number of rotatable bonds is 5. The summed E-state index contributed by atoms with van der Waals surface area (Å²) < 4.78 is 20.5. The molecule has 0 aliphatic carbocycles. The van der Waals surface area contributed by atoms with Crippen LogP contribution in [0.2, 0.25) is 0 Å². The Morgan fingerprint density at radius 1 is 1.22 bits per heavy atom. The van der Waals surface area contributed by atoms with Gasteiger partial charge in [-0.1, -0.05) is 0 Å². The Balaban J connectivity index is 2.04. The Morgan fingerprint density at radius 2 is 1.93 bits per heavy atom. The summed E-state index contributed by atoms with van der Waals surface area (Å²) in [6.45, 7) is 7.30. The van der Waals surface area contributed by atoms with E-state index in [1.807, 2.05) is 0 Å². The fourth-order valence-electron chi connectivity index (χ4n) is 2.21. The molecule has 1 aromatic heterocycles. The molecule has 1 atom stereocenters. The summed E-state index contributed by atoms with van der Waals surface area (Å²) >= 11 is 0. The van der Waals surface area contributed by atoms with E-state index in [0.717, 1.165) is 0 Å². The molecular weight excluding hydrogens is 354 g/mol. The maximum Gasteiger partial charge on any atom is 0.407 e. The van der Waals surface area contributed by atoms with Crippen molar-refractivity contribution < 1.29 is 28.2 Å². The van der Waals surface area contributed by atoms with Gasteiger partial charge in [-0.25, -0.2) is 14.4 Å². The first-order chi connectivity index (χ1) is 12.6. The number of alkyl carbamates (subject to hydrolysis) is 1. The Bertz CT molecular complexity index is 895. The van der Waals surface area contributed by atoms with Gasteiger partial charge in [0.25, 0.3) is 0 Å². The van der Waals surface area contributed by atoms with Gasteiger partial charge in [-0.2, -0.15) is 0 Å². The van der Waals surface area contributed by atoms with Crippen LogP contribution in [-0.2, 0) is 9.47 Å². The Kier molecular flexibility index (Phi) is 6.09. The molecule has 0 saturated carbocycles. The Labute approximate surface area is 156 Å².